The number of nitro groups is 1. The molecule has 0 spiro atoms. The van der Waals surface area contributed by atoms with Crippen LogP contribution in [0.4, 0.5) is 5.69 Å². The molecule has 0 amide bonds. The van der Waals surface area contributed by atoms with Gasteiger partial charge in [0.1, 0.15) is 18.5 Å². The Labute approximate surface area is 207 Å². The molecule has 0 bridgehead atoms. The molecule has 2 heterocycles. The average Bonchev–Trinajstić information content (AvgIpc) is 3.59. The number of benzene rings is 3. The van der Waals surface area contributed by atoms with Gasteiger partial charge in [0, 0.05) is 41.2 Å². The number of hydrogen-bond acceptors (Lipinski definition) is 7. The highest BCUT2D eigenvalue weighted by Gasteiger charge is 2.44. The van der Waals surface area contributed by atoms with Gasteiger partial charge in [-0.25, -0.2) is 4.98 Å². The molecule has 2 atom stereocenters. The average molecular weight is 485 g/mol. The van der Waals surface area contributed by atoms with Gasteiger partial charge in [0.2, 0.25) is 5.79 Å². The van der Waals surface area contributed by atoms with Gasteiger partial charge in [0.25, 0.3) is 5.69 Å². The van der Waals surface area contributed by atoms with Crippen molar-refractivity contribution in [3.8, 4) is 5.75 Å². The summed E-state index contributed by atoms with van der Waals surface area (Å²) in [4.78, 5) is 27.3. The highest BCUT2D eigenvalue weighted by atomic mass is 16.8. The van der Waals surface area contributed by atoms with Crippen LogP contribution < -0.4 is 4.74 Å². The van der Waals surface area contributed by atoms with E-state index in [1.54, 1.807) is 67.3 Å². The van der Waals surface area contributed by atoms with Crippen molar-refractivity contribution in [1.82, 2.24) is 9.55 Å². The van der Waals surface area contributed by atoms with Crippen LogP contribution in [0.15, 0.2) is 97.6 Å². The number of ketones is 1. The Bertz CT molecular complexity index is 1320. The van der Waals surface area contributed by atoms with Crippen molar-refractivity contribution in [2.75, 3.05) is 13.2 Å². The molecule has 36 heavy (non-hydrogen) atoms. The number of aromatic nitrogens is 2. The zero-order valence-corrected chi connectivity index (χ0v) is 19.2. The topological polar surface area (TPSA) is 106 Å². The van der Waals surface area contributed by atoms with Crippen molar-refractivity contribution < 1.29 is 23.9 Å². The molecule has 4 aromatic rings. The van der Waals surface area contributed by atoms with Gasteiger partial charge in [-0.15, -0.1) is 0 Å². The molecule has 9 nitrogen and oxygen atoms in total. The van der Waals surface area contributed by atoms with Crippen molar-refractivity contribution in [2.45, 2.75) is 18.4 Å². The third-order valence-corrected chi connectivity index (χ3v) is 5.92. The Morgan fingerprint density at radius 3 is 2.44 bits per heavy atom. The number of carbonyl (C=O) groups is 1. The van der Waals surface area contributed by atoms with Crippen LogP contribution in [0.5, 0.6) is 5.75 Å². The molecular formula is C27H23N3O6. The second-order valence-corrected chi connectivity index (χ2v) is 8.37. The highest BCUT2D eigenvalue weighted by molar-refractivity contribution is 6.08. The van der Waals surface area contributed by atoms with Crippen LogP contribution in [-0.4, -0.2) is 39.6 Å². The summed E-state index contributed by atoms with van der Waals surface area (Å²) in [6.07, 6.45) is 4.73. The van der Waals surface area contributed by atoms with E-state index in [-0.39, 0.29) is 30.8 Å². The van der Waals surface area contributed by atoms with E-state index in [0.717, 1.165) is 0 Å². The molecule has 1 saturated heterocycles. The molecule has 0 aliphatic carbocycles. The van der Waals surface area contributed by atoms with Crippen LogP contribution in [0.3, 0.4) is 0 Å². The van der Waals surface area contributed by atoms with Crippen molar-refractivity contribution in [2.24, 2.45) is 0 Å². The van der Waals surface area contributed by atoms with Crippen LogP contribution in [-0.2, 0) is 21.8 Å². The van der Waals surface area contributed by atoms with Gasteiger partial charge in [-0.3, -0.25) is 14.9 Å². The second-order valence-electron chi connectivity index (χ2n) is 8.37. The quantitative estimate of drug-likeness (QED) is 0.197. The van der Waals surface area contributed by atoms with E-state index in [1.165, 1.54) is 12.1 Å². The largest absolute Gasteiger partial charge is 0.491 e. The molecule has 0 radical (unpaired) electrons. The van der Waals surface area contributed by atoms with Crippen LogP contribution >= 0.6 is 0 Å². The minimum absolute atomic E-state index is 0.0106. The fraction of sp³-hybridized carbons (Fsp3) is 0.185. The number of carbonyl (C=O) groups excluding carboxylic acids is 1. The molecule has 1 aliphatic rings. The number of nitrogens with zero attached hydrogens (tertiary/aromatic N) is 3. The van der Waals surface area contributed by atoms with E-state index < -0.39 is 10.7 Å². The summed E-state index contributed by atoms with van der Waals surface area (Å²) >= 11 is 0. The summed E-state index contributed by atoms with van der Waals surface area (Å²) in [5.74, 6) is -0.594. The number of nitro benzene ring substituents is 1. The number of hydrogen-bond donors (Lipinski definition) is 0. The molecule has 1 aliphatic heterocycles. The van der Waals surface area contributed by atoms with Crippen LogP contribution in [0.2, 0.25) is 0 Å². The van der Waals surface area contributed by atoms with E-state index in [0.29, 0.717) is 29.0 Å². The SMILES string of the molecule is O=C(c1ccccc1)c1ccc(OC[C@@H]2CO[C@](Cn3ccnc3)(c3ccc([N+](=O)[O-])cc3)O2)cc1. The summed E-state index contributed by atoms with van der Waals surface area (Å²) in [6, 6.07) is 22.2. The molecule has 3 aromatic carbocycles. The summed E-state index contributed by atoms with van der Waals surface area (Å²) in [5.41, 5.74) is 1.85. The molecule has 5 rings (SSSR count). The van der Waals surface area contributed by atoms with Crippen LogP contribution in [0, 0.1) is 10.1 Å². The fourth-order valence-corrected chi connectivity index (χ4v) is 4.08. The van der Waals surface area contributed by atoms with Crippen molar-refractivity contribution in [3.05, 3.63) is 124 Å². The minimum Gasteiger partial charge on any atom is -0.491 e. The van der Waals surface area contributed by atoms with Crippen molar-refractivity contribution >= 4 is 11.5 Å². The maximum Gasteiger partial charge on any atom is 0.269 e. The third-order valence-electron chi connectivity index (χ3n) is 5.92. The van der Waals surface area contributed by atoms with Gasteiger partial charge in [0.15, 0.2) is 5.78 Å². The molecule has 182 valence electrons. The molecule has 1 fully saturated rings. The van der Waals surface area contributed by atoms with E-state index in [1.807, 2.05) is 22.8 Å². The lowest BCUT2D eigenvalue weighted by Crippen LogP contribution is -2.34. The Morgan fingerprint density at radius 2 is 1.78 bits per heavy atom. The van der Waals surface area contributed by atoms with E-state index in [4.69, 9.17) is 14.2 Å². The standard InChI is InChI=1S/C27H23N3O6/c31-26(20-4-2-1-3-5-20)21-6-12-24(13-7-21)34-16-25-17-35-27(36-25,18-29-15-14-28-19-29)22-8-10-23(11-9-22)30(32)33/h1-15,19,25H,16-18H2/t25-,27+/m1/s1. The maximum absolute atomic E-state index is 12.6. The monoisotopic (exact) mass is 485 g/mol. The van der Waals surface area contributed by atoms with E-state index in [9.17, 15) is 14.9 Å². The lowest BCUT2D eigenvalue weighted by Gasteiger charge is -2.29. The lowest BCUT2D eigenvalue weighted by molar-refractivity contribution is -0.384. The Morgan fingerprint density at radius 1 is 1.06 bits per heavy atom. The molecule has 0 N–H and O–H groups in total. The first-order valence-corrected chi connectivity index (χ1v) is 11.4. The predicted octanol–water partition coefficient (Wildman–Crippen LogP) is 4.37. The van der Waals surface area contributed by atoms with E-state index in [2.05, 4.69) is 4.98 Å². The first-order chi connectivity index (χ1) is 17.5. The Balaban J connectivity index is 1.26. The number of rotatable bonds is 9. The number of non-ortho nitro benzene ring substituents is 1. The summed E-state index contributed by atoms with van der Waals surface area (Å²) < 4.78 is 20.2. The number of ether oxygens (including phenoxy) is 3. The van der Waals surface area contributed by atoms with Gasteiger partial charge in [-0.1, -0.05) is 30.3 Å². The first kappa shape index (κ1) is 23.4. The van der Waals surface area contributed by atoms with Gasteiger partial charge in [-0.05, 0) is 36.4 Å². The lowest BCUT2D eigenvalue weighted by atomic mass is 10.0. The predicted molar refractivity (Wildman–Crippen MR) is 130 cm³/mol. The summed E-state index contributed by atoms with van der Waals surface area (Å²) in [6.45, 7) is 0.818. The van der Waals surface area contributed by atoms with Gasteiger partial charge >= 0.3 is 0 Å². The highest BCUT2D eigenvalue weighted by Crippen LogP contribution is 2.37. The van der Waals surface area contributed by atoms with Gasteiger partial charge < -0.3 is 18.8 Å². The molecule has 0 saturated carbocycles. The van der Waals surface area contributed by atoms with Gasteiger partial charge in [-0.2, -0.15) is 0 Å². The first-order valence-electron chi connectivity index (χ1n) is 11.4. The smallest absolute Gasteiger partial charge is 0.269 e. The summed E-state index contributed by atoms with van der Waals surface area (Å²) in [7, 11) is 0. The fourth-order valence-electron chi connectivity index (χ4n) is 4.08. The molecule has 1 aromatic heterocycles. The molecule has 9 heteroatoms. The van der Waals surface area contributed by atoms with Crippen molar-refractivity contribution in [3.63, 3.8) is 0 Å². The number of imidazole rings is 1. The second kappa shape index (κ2) is 10.1. The molecular weight excluding hydrogens is 462 g/mol. The molecule has 0 unspecified atom stereocenters. The Hall–Kier alpha value is -4.34. The van der Waals surface area contributed by atoms with Gasteiger partial charge in [0.05, 0.1) is 24.4 Å². The zero-order chi connectivity index (χ0) is 25.0. The normalized spacial score (nSPS) is 19.2. The van der Waals surface area contributed by atoms with E-state index >= 15 is 0 Å². The van der Waals surface area contributed by atoms with Crippen molar-refractivity contribution in [1.29, 1.82) is 0 Å². The van der Waals surface area contributed by atoms with Crippen LogP contribution in [0.25, 0.3) is 0 Å². The Kier molecular flexibility index (Phi) is 6.57. The maximum atomic E-state index is 12.6. The minimum atomic E-state index is -1.14. The summed E-state index contributed by atoms with van der Waals surface area (Å²) in [5, 5.41) is 11.1. The van der Waals surface area contributed by atoms with Crippen LogP contribution in [0.1, 0.15) is 21.5 Å². The zero-order valence-electron chi connectivity index (χ0n) is 19.2. The third kappa shape index (κ3) is 5.02.